The molecule has 3 rings (SSSR count). The SMILES string of the molecule is CN=C(NCCc1ccn(-c2ccc(F)cc2)n1)NC1CCCC1. The Kier molecular flexibility index (Phi) is 5.46. The third-order valence-electron chi connectivity index (χ3n) is 4.33. The number of nitrogens with zero attached hydrogens (tertiary/aromatic N) is 3. The molecule has 1 aliphatic carbocycles. The topological polar surface area (TPSA) is 54.2 Å². The molecular weight excluding hydrogens is 305 g/mol. The number of benzene rings is 1. The molecule has 128 valence electrons. The van der Waals surface area contributed by atoms with Crippen LogP contribution in [-0.2, 0) is 6.42 Å². The quantitative estimate of drug-likeness (QED) is 0.655. The Balaban J connectivity index is 1.49. The molecular formula is C18H24FN5. The second kappa shape index (κ2) is 7.95. The van der Waals surface area contributed by atoms with E-state index in [2.05, 4.69) is 20.7 Å². The van der Waals surface area contributed by atoms with Gasteiger partial charge in [-0.1, -0.05) is 12.8 Å². The summed E-state index contributed by atoms with van der Waals surface area (Å²) in [5.41, 5.74) is 1.84. The largest absolute Gasteiger partial charge is 0.356 e. The molecule has 6 heteroatoms. The number of aliphatic imine (C=N–C) groups is 1. The molecule has 1 aromatic carbocycles. The van der Waals surface area contributed by atoms with Crippen LogP contribution in [0.1, 0.15) is 31.4 Å². The van der Waals surface area contributed by atoms with Crippen LogP contribution < -0.4 is 10.6 Å². The molecule has 2 aromatic rings. The fourth-order valence-corrected chi connectivity index (χ4v) is 3.00. The summed E-state index contributed by atoms with van der Waals surface area (Å²) in [6, 6.07) is 8.86. The lowest BCUT2D eigenvalue weighted by Gasteiger charge is -2.16. The van der Waals surface area contributed by atoms with E-state index >= 15 is 0 Å². The van der Waals surface area contributed by atoms with Crippen LogP contribution in [0.4, 0.5) is 4.39 Å². The molecule has 5 nitrogen and oxygen atoms in total. The first kappa shape index (κ1) is 16.5. The zero-order chi connectivity index (χ0) is 16.8. The van der Waals surface area contributed by atoms with E-state index in [-0.39, 0.29) is 5.82 Å². The highest BCUT2D eigenvalue weighted by molar-refractivity contribution is 5.79. The average molecular weight is 329 g/mol. The lowest BCUT2D eigenvalue weighted by Crippen LogP contribution is -2.43. The van der Waals surface area contributed by atoms with Gasteiger partial charge in [-0.05, 0) is 43.2 Å². The van der Waals surface area contributed by atoms with Gasteiger partial charge in [0.2, 0.25) is 0 Å². The lowest BCUT2D eigenvalue weighted by atomic mass is 10.2. The molecule has 1 aliphatic rings. The molecule has 1 heterocycles. The summed E-state index contributed by atoms with van der Waals surface area (Å²) < 4.78 is 14.7. The van der Waals surface area contributed by atoms with Gasteiger partial charge in [0, 0.05) is 32.3 Å². The van der Waals surface area contributed by atoms with Gasteiger partial charge in [-0.25, -0.2) is 9.07 Å². The molecule has 0 saturated heterocycles. The van der Waals surface area contributed by atoms with E-state index < -0.39 is 0 Å². The van der Waals surface area contributed by atoms with Crippen LogP contribution in [0.15, 0.2) is 41.5 Å². The first-order chi connectivity index (χ1) is 11.7. The molecule has 0 bridgehead atoms. The average Bonchev–Trinajstić information content (AvgIpc) is 3.26. The van der Waals surface area contributed by atoms with Crippen molar-refractivity contribution in [2.75, 3.05) is 13.6 Å². The van der Waals surface area contributed by atoms with E-state index in [1.54, 1.807) is 23.9 Å². The first-order valence-electron chi connectivity index (χ1n) is 8.52. The fraction of sp³-hybridized carbons (Fsp3) is 0.444. The molecule has 0 radical (unpaired) electrons. The Hall–Kier alpha value is -2.37. The fourth-order valence-electron chi connectivity index (χ4n) is 3.00. The highest BCUT2D eigenvalue weighted by Gasteiger charge is 2.15. The highest BCUT2D eigenvalue weighted by Crippen LogP contribution is 2.17. The maximum absolute atomic E-state index is 13.0. The molecule has 1 saturated carbocycles. The summed E-state index contributed by atoms with van der Waals surface area (Å²) in [5.74, 6) is 0.622. The van der Waals surface area contributed by atoms with Crippen molar-refractivity contribution in [3.63, 3.8) is 0 Å². The summed E-state index contributed by atoms with van der Waals surface area (Å²) in [4.78, 5) is 4.28. The normalized spacial score (nSPS) is 15.7. The third kappa shape index (κ3) is 4.34. The van der Waals surface area contributed by atoms with Crippen LogP contribution in [0, 0.1) is 5.82 Å². The van der Waals surface area contributed by atoms with E-state index in [1.807, 2.05) is 12.3 Å². The van der Waals surface area contributed by atoms with Gasteiger partial charge >= 0.3 is 0 Å². The minimum atomic E-state index is -0.239. The van der Waals surface area contributed by atoms with Crippen molar-refractivity contribution >= 4 is 5.96 Å². The highest BCUT2D eigenvalue weighted by atomic mass is 19.1. The molecule has 0 spiro atoms. The standard InChI is InChI=1S/C18H24FN5/c1-20-18(22-15-4-2-3-5-15)21-12-10-16-11-13-24(23-16)17-8-6-14(19)7-9-17/h6-9,11,13,15H,2-5,10,12H2,1H3,(H2,20,21,22). The number of nitrogens with one attached hydrogen (secondary N) is 2. The summed E-state index contributed by atoms with van der Waals surface area (Å²) in [5, 5.41) is 11.3. The van der Waals surface area contributed by atoms with Gasteiger partial charge in [-0.3, -0.25) is 4.99 Å². The second-order valence-electron chi connectivity index (χ2n) is 6.10. The number of aromatic nitrogens is 2. The van der Waals surface area contributed by atoms with E-state index in [0.29, 0.717) is 6.04 Å². The van der Waals surface area contributed by atoms with Crippen LogP contribution in [0.2, 0.25) is 0 Å². The van der Waals surface area contributed by atoms with Crippen molar-refractivity contribution in [1.82, 2.24) is 20.4 Å². The predicted octanol–water partition coefficient (Wildman–Crippen LogP) is 2.66. The minimum Gasteiger partial charge on any atom is -0.356 e. The van der Waals surface area contributed by atoms with Crippen molar-refractivity contribution in [1.29, 1.82) is 0 Å². The molecule has 2 N–H and O–H groups in total. The van der Waals surface area contributed by atoms with Gasteiger partial charge in [-0.15, -0.1) is 0 Å². The lowest BCUT2D eigenvalue weighted by molar-refractivity contribution is 0.613. The Morgan fingerprint density at radius 3 is 2.71 bits per heavy atom. The first-order valence-corrected chi connectivity index (χ1v) is 8.52. The van der Waals surface area contributed by atoms with Crippen LogP contribution in [0.25, 0.3) is 5.69 Å². The van der Waals surface area contributed by atoms with Crippen molar-refractivity contribution in [2.24, 2.45) is 4.99 Å². The Labute approximate surface area is 142 Å². The van der Waals surface area contributed by atoms with Crippen LogP contribution in [-0.4, -0.2) is 35.4 Å². The smallest absolute Gasteiger partial charge is 0.191 e. The second-order valence-corrected chi connectivity index (χ2v) is 6.10. The van der Waals surface area contributed by atoms with Gasteiger partial charge in [0.25, 0.3) is 0 Å². The van der Waals surface area contributed by atoms with Gasteiger partial charge < -0.3 is 10.6 Å². The number of rotatable bonds is 5. The van der Waals surface area contributed by atoms with Crippen molar-refractivity contribution < 1.29 is 4.39 Å². The Bertz CT molecular complexity index is 671. The van der Waals surface area contributed by atoms with E-state index in [4.69, 9.17) is 0 Å². The Morgan fingerprint density at radius 2 is 2.00 bits per heavy atom. The molecule has 0 amide bonds. The third-order valence-corrected chi connectivity index (χ3v) is 4.33. The molecule has 0 atom stereocenters. The maximum atomic E-state index is 13.0. The van der Waals surface area contributed by atoms with Crippen molar-refractivity contribution in [3.8, 4) is 5.69 Å². The van der Waals surface area contributed by atoms with Crippen LogP contribution in [0.5, 0.6) is 0 Å². The minimum absolute atomic E-state index is 0.239. The van der Waals surface area contributed by atoms with Gasteiger partial charge in [0.1, 0.15) is 5.82 Å². The number of hydrogen-bond donors (Lipinski definition) is 2. The Morgan fingerprint density at radius 1 is 1.25 bits per heavy atom. The number of guanidine groups is 1. The zero-order valence-corrected chi connectivity index (χ0v) is 14.0. The summed E-state index contributed by atoms with van der Waals surface area (Å²) in [7, 11) is 1.80. The summed E-state index contributed by atoms with van der Waals surface area (Å²) in [6.07, 6.45) is 7.75. The molecule has 0 aliphatic heterocycles. The maximum Gasteiger partial charge on any atom is 0.191 e. The van der Waals surface area contributed by atoms with Crippen molar-refractivity contribution in [2.45, 2.75) is 38.1 Å². The zero-order valence-electron chi connectivity index (χ0n) is 14.0. The molecule has 24 heavy (non-hydrogen) atoms. The summed E-state index contributed by atoms with van der Waals surface area (Å²) in [6.45, 7) is 0.771. The van der Waals surface area contributed by atoms with E-state index in [9.17, 15) is 4.39 Å². The van der Waals surface area contributed by atoms with E-state index in [0.717, 1.165) is 30.3 Å². The van der Waals surface area contributed by atoms with E-state index in [1.165, 1.54) is 37.8 Å². The molecule has 1 aromatic heterocycles. The number of halogens is 1. The molecule has 0 unspecified atom stereocenters. The van der Waals surface area contributed by atoms with Crippen molar-refractivity contribution in [3.05, 3.63) is 48.0 Å². The predicted molar refractivity (Wildman–Crippen MR) is 94.0 cm³/mol. The van der Waals surface area contributed by atoms with Gasteiger partial charge in [0.15, 0.2) is 5.96 Å². The van der Waals surface area contributed by atoms with Gasteiger partial charge in [-0.2, -0.15) is 5.10 Å². The van der Waals surface area contributed by atoms with Crippen LogP contribution >= 0.6 is 0 Å². The summed E-state index contributed by atoms with van der Waals surface area (Å²) >= 11 is 0. The van der Waals surface area contributed by atoms with Crippen LogP contribution in [0.3, 0.4) is 0 Å². The van der Waals surface area contributed by atoms with Gasteiger partial charge in [0.05, 0.1) is 11.4 Å². The monoisotopic (exact) mass is 329 g/mol. The molecule has 1 fully saturated rings. The number of hydrogen-bond acceptors (Lipinski definition) is 2.